The molecule has 4 heteroatoms. The molecule has 0 saturated carbocycles. The van der Waals surface area contributed by atoms with Crippen molar-refractivity contribution in [3.8, 4) is 0 Å². The fraction of sp³-hybridized carbons (Fsp3) is 0. The molecule has 42 valence electrons. The van der Waals surface area contributed by atoms with E-state index in [0.717, 1.165) is 4.24 Å². The second kappa shape index (κ2) is 2.57. The van der Waals surface area contributed by atoms with Crippen molar-refractivity contribution in [2.45, 2.75) is 0 Å². The third kappa shape index (κ3) is 1.36. The molecule has 0 aliphatic carbocycles. The van der Waals surface area contributed by atoms with Crippen LogP contribution in [0.3, 0.4) is 0 Å². The number of rotatable bonds is 1. The monoisotopic (exact) mass is 134 g/mol. The minimum atomic E-state index is -0.831. The molecule has 0 amide bonds. The molecule has 0 saturated heterocycles. The summed E-state index contributed by atoms with van der Waals surface area (Å²) in [7, 11) is 0. The molecular weight excluding hydrogens is 131 g/mol. The Bertz CT molecular complexity index is 231. The van der Waals surface area contributed by atoms with Crippen molar-refractivity contribution in [2.24, 2.45) is 0 Å². The van der Waals surface area contributed by atoms with E-state index in [2.05, 4.69) is 0 Å². The van der Waals surface area contributed by atoms with E-state index in [-0.39, 0.29) is 0 Å². The van der Waals surface area contributed by atoms with Crippen molar-refractivity contribution in [3.05, 3.63) is 16.3 Å². The van der Waals surface area contributed by atoms with Crippen LogP contribution in [0, 0.1) is 0 Å². The van der Waals surface area contributed by atoms with Crippen LogP contribution >= 0.6 is 11.3 Å². The number of aromatic carboxylic acids is 1. The molecule has 0 radical (unpaired) electrons. The van der Waals surface area contributed by atoms with Crippen molar-refractivity contribution in [1.29, 1.82) is 0 Å². The van der Waals surface area contributed by atoms with Gasteiger partial charge < -0.3 is 0 Å². The van der Waals surface area contributed by atoms with E-state index < -0.39 is 5.97 Å². The second-order valence-corrected chi connectivity index (χ2v) is 2.65. The number of carboxylic acids is 1. The summed E-state index contributed by atoms with van der Waals surface area (Å²) < 4.78 is 0.840. The number of hydrogen-bond donors (Lipinski definition) is 1. The van der Waals surface area contributed by atoms with Crippen molar-refractivity contribution in [1.82, 2.24) is 0 Å². The van der Waals surface area contributed by atoms with Crippen molar-refractivity contribution < 1.29 is 9.90 Å². The summed E-state index contributed by atoms with van der Waals surface area (Å²) in [5.74, 6) is -0.831. The van der Waals surface area contributed by atoms with Crippen LogP contribution in [0.15, 0.2) is 11.4 Å². The zero-order valence-corrected chi connectivity index (χ0v) is 5.73. The van der Waals surface area contributed by atoms with E-state index in [1.165, 1.54) is 11.3 Å². The van der Waals surface area contributed by atoms with Gasteiger partial charge in [0.2, 0.25) is 0 Å². The zero-order chi connectivity index (χ0) is 6.85. The van der Waals surface area contributed by atoms with Crippen LogP contribution in [-0.4, -0.2) is 28.8 Å². The first kappa shape index (κ1) is 6.88. The van der Waals surface area contributed by atoms with Gasteiger partial charge in [-0.15, -0.1) is 0 Å². The molecule has 1 heterocycles. The first-order valence-electron chi connectivity index (χ1n) is 2.49. The number of carboxylic acid groups (broad SMARTS) is 1. The van der Waals surface area contributed by atoms with Gasteiger partial charge >= 0.3 is 65.5 Å². The summed E-state index contributed by atoms with van der Waals surface area (Å²) in [4.78, 5) is 10.7. The van der Waals surface area contributed by atoms with Gasteiger partial charge in [-0.2, -0.15) is 0 Å². The van der Waals surface area contributed by atoms with E-state index in [9.17, 15) is 4.79 Å². The van der Waals surface area contributed by atoms with Gasteiger partial charge in [0.1, 0.15) is 0 Å². The quantitative estimate of drug-likeness (QED) is 0.558. The number of thiophene rings is 1. The SMILES string of the molecule is [Li][c]1ccsc1C(=O)O. The predicted molar refractivity (Wildman–Crippen MR) is 36.7 cm³/mol. The standard InChI is InChI=1S/C5H3O2S.Li/c6-5(7)4-2-1-3-8-4;/h1,3H,(H,6,7);. The van der Waals surface area contributed by atoms with Gasteiger partial charge in [0, 0.05) is 0 Å². The Labute approximate surface area is 65.7 Å². The molecule has 0 bridgehead atoms. The van der Waals surface area contributed by atoms with Gasteiger partial charge in [0.05, 0.1) is 0 Å². The normalized spacial score (nSPS) is 9.56. The molecule has 0 spiro atoms. The molecule has 0 aliphatic heterocycles. The third-order valence-electron chi connectivity index (χ3n) is 1.06. The fourth-order valence-electron chi connectivity index (χ4n) is 0.592. The number of hydrogen-bond acceptors (Lipinski definition) is 2. The average Bonchev–Trinajstić information content (AvgIpc) is 2.13. The molecule has 1 aromatic heterocycles. The zero-order valence-electron chi connectivity index (χ0n) is 4.92. The van der Waals surface area contributed by atoms with E-state index in [1.807, 2.05) is 0 Å². The number of carbonyl (C=O) groups is 1. The molecule has 0 atom stereocenters. The second-order valence-electron chi connectivity index (χ2n) is 1.74. The summed E-state index contributed by atoms with van der Waals surface area (Å²) in [5.41, 5.74) is 0. The summed E-state index contributed by atoms with van der Waals surface area (Å²) in [6.45, 7) is 0. The maximum atomic E-state index is 10.3. The molecular formula is C5H3LiO2S. The van der Waals surface area contributed by atoms with Gasteiger partial charge in [-0.3, -0.25) is 0 Å². The van der Waals surface area contributed by atoms with Crippen LogP contribution < -0.4 is 4.24 Å². The van der Waals surface area contributed by atoms with Crippen LogP contribution in [0.4, 0.5) is 0 Å². The molecule has 0 unspecified atom stereocenters. The van der Waals surface area contributed by atoms with Crippen molar-refractivity contribution in [3.63, 3.8) is 0 Å². The van der Waals surface area contributed by atoms with Gasteiger partial charge in [-0.05, 0) is 0 Å². The average molecular weight is 134 g/mol. The van der Waals surface area contributed by atoms with Crippen LogP contribution in [0.1, 0.15) is 9.67 Å². The Hall–Kier alpha value is -0.233. The fourth-order valence-corrected chi connectivity index (χ4v) is 1.35. The van der Waals surface area contributed by atoms with E-state index >= 15 is 0 Å². The Balaban J connectivity index is 3.08. The summed E-state index contributed by atoms with van der Waals surface area (Å²) in [6, 6.07) is 1.80. The van der Waals surface area contributed by atoms with Gasteiger partial charge in [0.15, 0.2) is 0 Å². The van der Waals surface area contributed by atoms with Crippen molar-refractivity contribution in [2.75, 3.05) is 0 Å². The van der Waals surface area contributed by atoms with E-state index in [1.54, 1.807) is 29.2 Å². The first-order valence-corrected chi connectivity index (χ1v) is 3.37. The summed E-state index contributed by atoms with van der Waals surface area (Å²) in [6.07, 6.45) is 0. The van der Waals surface area contributed by atoms with Crippen LogP contribution in [-0.2, 0) is 0 Å². The Kier molecular flexibility index (Phi) is 1.96. The van der Waals surface area contributed by atoms with Crippen molar-refractivity contribution >= 4 is 39.3 Å². The molecule has 2 nitrogen and oxygen atoms in total. The van der Waals surface area contributed by atoms with Crippen LogP contribution in [0.2, 0.25) is 0 Å². The molecule has 0 aliphatic rings. The molecule has 9 heavy (non-hydrogen) atoms. The Morgan fingerprint density at radius 2 is 2.44 bits per heavy atom. The maximum absolute atomic E-state index is 10.3. The molecule has 1 rings (SSSR count). The topological polar surface area (TPSA) is 37.3 Å². The molecule has 0 fully saturated rings. The van der Waals surface area contributed by atoms with Crippen LogP contribution in [0.5, 0.6) is 0 Å². The molecule has 1 N–H and O–H groups in total. The van der Waals surface area contributed by atoms with Crippen LogP contribution in [0.25, 0.3) is 0 Å². The van der Waals surface area contributed by atoms with Gasteiger partial charge in [-0.1, -0.05) is 0 Å². The first-order chi connectivity index (χ1) is 4.22. The van der Waals surface area contributed by atoms with Gasteiger partial charge in [0.25, 0.3) is 0 Å². The summed E-state index contributed by atoms with van der Waals surface area (Å²) in [5, 5.41) is 10.2. The summed E-state index contributed by atoms with van der Waals surface area (Å²) >= 11 is 3.05. The molecule has 0 aromatic carbocycles. The Morgan fingerprint density at radius 1 is 1.78 bits per heavy atom. The van der Waals surface area contributed by atoms with E-state index in [4.69, 9.17) is 5.11 Å². The third-order valence-corrected chi connectivity index (χ3v) is 2.06. The minimum absolute atomic E-state index is 0.440. The predicted octanol–water partition coefficient (Wildman–Crippen LogP) is 0.240. The van der Waals surface area contributed by atoms with E-state index in [0.29, 0.717) is 4.88 Å². The van der Waals surface area contributed by atoms with Gasteiger partial charge in [-0.25, -0.2) is 0 Å². The Morgan fingerprint density at radius 3 is 2.67 bits per heavy atom. The molecule has 1 aromatic rings.